The fraction of sp³-hybridized carbons (Fsp3) is 0.0500. The van der Waals surface area contributed by atoms with Crippen LogP contribution in [0, 0.1) is 0 Å². The van der Waals surface area contributed by atoms with Crippen LogP contribution in [0.25, 0.3) is 5.69 Å². The normalized spacial score (nSPS) is 11.2. The Labute approximate surface area is 171 Å². The second kappa shape index (κ2) is 8.73. The van der Waals surface area contributed by atoms with Crippen molar-refractivity contribution in [1.82, 2.24) is 9.99 Å². The van der Waals surface area contributed by atoms with Crippen LogP contribution in [-0.2, 0) is 9.59 Å². The van der Waals surface area contributed by atoms with Gasteiger partial charge in [-0.15, -0.1) is 0 Å². The molecule has 1 heterocycles. The van der Waals surface area contributed by atoms with Crippen LogP contribution in [0.15, 0.2) is 72.1 Å². The first-order valence-corrected chi connectivity index (χ1v) is 9.04. The number of carbonyl (C=O) groups excluding carboxylic acids is 2. The number of hydrazone groups is 1. The average molecular weight is 415 g/mol. The van der Waals surface area contributed by atoms with E-state index in [0.717, 1.165) is 11.3 Å². The highest BCUT2D eigenvalue weighted by molar-refractivity contribution is 6.42. The largest absolute Gasteiger partial charge is 0.329 e. The number of nitrogens with zero attached hydrogens (tertiary/aromatic N) is 2. The zero-order valence-corrected chi connectivity index (χ0v) is 16.3. The van der Waals surface area contributed by atoms with E-state index in [2.05, 4.69) is 15.8 Å². The van der Waals surface area contributed by atoms with Gasteiger partial charge in [-0.2, -0.15) is 5.10 Å². The van der Waals surface area contributed by atoms with Crippen LogP contribution in [0.1, 0.15) is 12.5 Å². The van der Waals surface area contributed by atoms with E-state index in [1.54, 1.807) is 13.0 Å². The van der Waals surface area contributed by atoms with E-state index in [-0.39, 0.29) is 10.7 Å². The van der Waals surface area contributed by atoms with Gasteiger partial charge in [0.05, 0.1) is 16.4 Å². The molecule has 0 unspecified atom stereocenters. The Hall–Kier alpha value is -3.09. The number of hydrogen-bond acceptors (Lipinski definition) is 3. The third-order valence-electron chi connectivity index (χ3n) is 3.90. The summed E-state index contributed by atoms with van der Waals surface area (Å²) in [6.07, 6.45) is 3.89. The van der Waals surface area contributed by atoms with E-state index >= 15 is 0 Å². The fourth-order valence-electron chi connectivity index (χ4n) is 2.40. The van der Waals surface area contributed by atoms with Gasteiger partial charge in [-0.3, -0.25) is 9.59 Å². The first kappa shape index (κ1) is 19.7. The van der Waals surface area contributed by atoms with Crippen LogP contribution in [0.4, 0.5) is 5.69 Å². The molecule has 0 spiro atoms. The zero-order chi connectivity index (χ0) is 20.1. The minimum atomic E-state index is -0.917. The highest BCUT2D eigenvalue weighted by atomic mass is 35.5. The van der Waals surface area contributed by atoms with E-state index in [4.69, 9.17) is 23.2 Å². The predicted octanol–water partition coefficient (Wildman–Crippen LogP) is 4.26. The summed E-state index contributed by atoms with van der Waals surface area (Å²) < 4.78 is 1.98. The van der Waals surface area contributed by atoms with Gasteiger partial charge in [0.15, 0.2) is 0 Å². The molecule has 2 N–H and O–H groups in total. The van der Waals surface area contributed by atoms with Gasteiger partial charge in [-0.1, -0.05) is 35.3 Å². The smallest absolute Gasteiger partial charge is 0.324 e. The minimum absolute atomic E-state index is 0.246. The highest BCUT2D eigenvalue weighted by Crippen LogP contribution is 2.25. The van der Waals surface area contributed by atoms with Gasteiger partial charge >= 0.3 is 11.8 Å². The Balaban J connectivity index is 1.62. The van der Waals surface area contributed by atoms with Crippen molar-refractivity contribution in [2.75, 3.05) is 5.32 Å². The highest BCUT2D eigenvalue weighted by Gasteiger charge is 2.15. The van der Waals surface area contributed by atoms with Crippen molar-refractivity contribution in [3.05, 3.63) is 82.6 Å². The average Bonchev–Trinajstić information content (AvgIpc) is 3.23. The third kappa shape index (κ3) is 4.79. The lowest BCUT2D eigenvalue weighted by atomic mass is 10.1. The summed E-state index contributed by atoms with van der Waals surface area (Å²) in [7, 11) is 0. The van der Waals surface area contributed by atoms with Crippen molar-refractivity contribution in [2.24, 2.45) is 5.10 Å². The Kier molecular flexibility index (Phi) is 6.13. The molecule has 0 aliphatic rings. The van der Waals surface area contributed by atoms with Crippen molar-refractivity contribution in [2.45, 2.75) is 6.92 Å². The summed E-state index contributed by atoms with van der Waals surface area (Å²) in [6, 6.07) is 16.1. The molecule has 0 aliphatic heterocycles. The first-order valence-electron chi connectivity index (χ1n) is 8.28. The number of benzene rings is 2. The Morgan fingerprint density at radius 2 is 1.64 bits per heavy atom. The molecule has 142 valence electrons. The van der Waals surface area contributed by atoms with Gasteiger partial charge in [0.1, 0.15) is 0 Å². The van der Waals surface area contributed by atoms with Crippen LogP contribution in [0.2, 0.25) is 10.0 Å². The molecule has 0 aliphatic carbocycles. The lowest BCUT2D eigenvalue weighted by molar-refractivity contribution is -0.136. The topological polar surface area (TPSA) is 75.5 Å². The van der Waals surface area contributed by atoms with E-state index in [1.165, 1.54) is 12.1 Å². The maximum atomic E-state index is 12.0. The number of anilines is 1. The minimum Gasteiger partial charge on any atom is -0.324 e. The molecule has 6 nitrogen and oxygen atoms in total. The molecule has 2 aromatic carbocycles. The molecular formula is C20H16Cl2N4O2. The van der Waals surface area contributed by atoms with E-state index in [9.17, 15) is 9.59 Å². The molecule has 0 saturated heterocycles. The summed E-state index contributed by atoms with van der Waals surface area (Å²) in [6.45, 7) is 1.73. The molecule has 1 aromatic heterocycles. The second-order valence-corrected chi connectivity index (χ2v) is 6.70. The molecule has 0 saturated carbocycles. The Bertz CT molecular complexity index is 1030. The molecule has 2 amide bonds. The monoisotopic (exact) mass is 414 g/mol. The molecule has 0 fully saturated rings. The number of aromatic nitrogens is 1. The van der Waals surface area contributed by atoms with Gasteiger partial charge in [0.25, 0.3) is 0 Å². The van der Waals surface area contributed by atoms with Gasteiger partial charge in [0, 0.05) is 23.1 Å². The van der Waals surface area contributed by atoms with Gasteiger partial charge in [-0.25, -0.2) is 5.43 Å². The number of nitrogens with one attached hydrogen (secondary N) is 2. The molecule has 8 heteroatoms. The second-order valence-electron chi connectivity index (χ2n) is 5.85. The van der Waals surface area contributed by atoms with Crippen LogP contribution in [0.3, 0.4) is 0 Å². The SMILES string of the molecule is C/C(=N\NC(=O)C(=O)Nc1cc(Cl)ccc1Cl)c1ccc(-n2cccc2)cc1. The number of rotatable bonds is 4. The lowest BCUT2D eigenvalue weighted by Gasteiger charge is -2.07. The zero-order valence-electron chi connectivity index (χ0n) is 14.8. The Morgan fingerprint density at radius 1 is 0.964 bits per heavy atom. The van der Waals surface area contributed by atoms with Crippen LogP contribution >= 0.6 is 23.2 Å². The third-order valence-corrected chi connectivity index (χ3v) is 4.46. The number of amides is 2. The maximum absolute atomic E-state index is 12.0. The van der Waals surface area contributed by atoms with Crippen LogP contribution in [-0.4, -0.2) is 22.1 Å². The van der Waals surface area contributed by atoms with Crippen molar-refractivity contribution < 1.29 is 9.59 Å². The van der Waals surface area contributed by atoms with Crippen LogP contribution < -0.4 is 10.7 Å². The first-order chi connectivity index (χ1) is 13.4. The molecular weight excluding hydrogens is 399 g/mol. The van der Waals surface area contributed by atoms with Gasteiger partial charge < -0.3 is 9.88 Å². The van der Waals surface area contributed by atoms with E-state index < -0.39 is 11.8 Å². The summed E-state index contributed by atoms with van der Waals surface area (Å²) in [5.41, 5.74) is 4.85. The molecule has 3 aromatic rings. The van der Waals surface area contributed by atoms with Gasteiger partial charge in [-0.05, 0) is 55.0 Å². The van der Waals surface area contributed by atoms with Crippen molar-refractivity contribution in [3.8, 4) is 5.69 Å². The van der Waals surface area contributed by atoms with Crippen molar-refractivity contribution in [3.63, 3.8) is 0 Å². The van der Waals surface area contributed by atoms with E-state index in [1.807, 2.05) is 53.4 Å². The summed E-state index contributed by atoms with van der Waals surface area (Å²) in [4.78, 5) is 24.0. The molecule has 0 radical (unpaired) electrons. The number of carbonyl (C=O) groups is 2. The Morgan fingerprint density at radius 3 is 2.32 bits per heavy atom. The maximum Gasteiger partial charge on any atom is 0.329 e. The lowest BCUT2D eigenvalue weighted by Crippen LogP contribution is -2.33. The van der Waals surface area contributed by atoms with Gasteiger partial charge in [0.2, 0.25) is 0 Å². The quantitative estimate of drug-likeness (QED) is 0.380. The number of halogens is 2. The molecule has 0 bridgehead atoms. The molecule has 3 rings (SSSR count). The van der Waals surface area contributed by atoms with Crippen molar-refractivity contribution in [1.29, 1.82) is 0 Å². The van der Waals surface area contributed by atoms with E-state index in [0.29, 0.717) is 10.7 Å². The summed E-state index contributed by atoms with van der Waals surface area (Å²) >= 11 is 11.8. The van der Waals surface area contributed by atoms with Crippen LogP contribution in [0.5, 0.6) is 0 Å². The standard InChI is InChI=1S/C20H16Cl2N4O2/c1-13(14-4-7-16(8-5-14)26-10-2-3-11-26)24-25-20(28)19(27)23-18-12-15(21)6-9-17(18)22/h2-12H,1H3,(H,23,27)(H,25,28)/b24-13+. The fourth-order valence-corrected chi connectivity index (χ4v) is 2.74. The molecule has 0 atom stereocenters. The summed E-state index contributed by atoms with van der Waals surface area (Å²) in [5.74, 6) is -1.82. The van der Waals surface area contributed by atoms with Crippen molar-refractivity contribution >= 4 is 46.4 Å². The predicted molar refractivity (Wildman–Crippen MR) is 111 cm³/mol. The summed E-state index contributed by atoms with van der Waals surface area (Å²) in [5, 5.41) is 7.04. The number of hydrogen-bond donors (Lipinski definition) is 2. The molecule has 28 heavy (non-hydrogen) atoms.